The molecule has 13 heavy (non-hydrogen) atoms. The summed E-state index contributed by atoms with van der Waals surface area (Å²) in [5.41, 5.74) is 0. The third kappa shape index (κ3) is 4.48. The van der Waals surface area contributed by atoms with E-state index in [1.807, 2.05) is 24.3 Å². The molecule has 0 aliphatic heterocycles. The van der Waals surface area contributed by atoms with Crippen molar-refractivity contribution in [3.8, 4) is 5.75 Å². The quantitative estimate of drug-likeness (QED) is 0.732. The van der Waals surface area contributed by atoms with Crippen LogP contribution < -0.4 is 4.74 Å². The van der Waals surface area contributed by atoms with Crippen molar-refractivity contribution in [3.63, 3.8) is 0 Å². The highest BCUT2D eigenvalue weighted by atomic mass is 32.1. The molecule has 0 amide bonds. The molecule has 0 bridgehead atoms. The molecular weight excluding hydrogens is 200 g/mol. The van der Waals surface area contributed by atoms with Crippen LogP contribution in [-0.2, 0) is 0 Å². The van der Waals surface area contributed by atoms with Crippen LogP contribution in [0.1, 0.15) is 13.3 Å². The Morgan fingerprint density at radius 1 is 1.46 bits per heavy atom. The number of rotatable bonds is 4. The van der Waals surface area contributed by atoms with Crippen molar-refractivity contribution in [1.29, 1.82) is 0 Å². The van der Waals surface area contributed by atoms with Gasteiger partial charge in [-0.15, -0.1) is 12.6 Å². The molecule has 0 heterocycles. The molecule has 0 spiro atoms. The Hall–Kier alpha value is -0.280. The minimum absolute atomic E-state index is 0.388. The minimum Gasteiger partial charge on any atom is -0.494 e. The van der Waals surface area contributed by atoms with Crippen LogP contribution in [0.15, 0.2) is 29.2 Å². The number of thiol groups is 2. The van der Waals surface area contributed by atoms with Crippen molar-refractivity contribution in [2.45, 2.75) is 23.5 Å². The molecule has 0 N–H and O–H groups in total. The maximum absolute atomic E-state index is 5.50. The van der Waals surface area contributed by atoms with Gasteiger partial charge in [-0.1, -0.05) is 13.0 Å². The SMILES string of the molecule is CC(S)CCOc1cccc(S)c1. The third-order valence-electron chi connectivity index (χ3n) is 1.62. The Balaban J connectivity index is 2.37. The van der Waals surface area contributed by atoms with Crippen LogP contribution in [0.25, 0.3) is 0 Å². The van der Waals surface area contributed by atoms with E-state index in [1.165, 1.54) is 0 Å². The molecule has 0 saturated carbocycles. The highest BCUT2D eigenvalue weighted by molar-refractivity contribution is 7.80. The Morgan fingerprint density at radius 3 is 2.85 bits per heavy atom. The third-order valence-corrected chi connectivity index (χ3v) is 2.16. The lowest BCUT2D eigenvalue weighted by atomic mass is 10.3. The Kier molecular flexibility index (Phi) is 4.53. The highest BCUT2D eigenvalue weighted by Crippen LogP contribution is 2.16. The molecule has 1 unspecified atom stereocenters. The monoisotopic (exact) mass is 214 g/mol. The molecule has 0 aliphatic rings. The summed E-state index contributed by atoms with van der Waals surface area (Å²) >= 11 is 8.49. The molecule has 1 rings (SSSR count). The second kappa shape index (κ2) is 5.45. The lowest BCUT2D eigenvalue weighted by Crippen LogP contribution is -2.02. The fourth-order valence-electron chi connectivity index (χ4n) is 0.921. The molecule has 0 fully saturated rings. The van der Waals surface area contributed by atoms with E-state index in [1.54, 1.807) is 0 Å². The first-order valence-electron chi connectivity index (χ1n) is 4.28. The molecule has 0 aromatic heterocycles. The van der Waals surface area contributed by atoms with Crippen molar-refractivity contribution in [2.75, 3.05) is 6.61 Å². The fourth-order valence-corrected chi connectivity index (χ4v) is 1.24. The van der Waals surface area contributed by atoms with Crippen LogP contribution in [0.5, 0.6) is 5.75 Å². The van der Waals surface area contributed by atoms with Crippen LogP contribution >= 0.6 is 25.3 Å². The van der Waals surface area contributed by atoms with Gasteiger partial charge in [0, 0.05) is 10.1 Å². The second-order valence-corrected chi connectivity index (χ2v) is 4.38. The molecule has 0 radical (unpaired) electrons. The standard InChI is InChI=1S/C10H14OS2/c1-8(12)5-6-11-9-3-2-4-10(13)7-9/h2-4,7-8,12-13H,5-6H2,1H3. The maximum atomic E-state index is 5.50. The number of benzene rings is 1. The lowest BCUT2D eigenvalue weighted by Gasteiger charge is -2.07. The van der Waals surface area contributed by atoms with E-state index in [-0.39, 0.29) is 0 Å². The zero-order valence-electron chi connectivity index (χ0n) is 7.60. The summed E-state index contributed by atoms with van der Waals surface area (Å²) < 4.78 is 5.50. The average Bonchev–Trinajstić information content (AvgIpc) is 2.03. The normalized spacial score (nSPS) is 12.5. The van der Waals surface area contributed by atoms with Crippen molar-refractivity contribution >= 4 is 25.3 Å². The van der Waals surface area contributed by atoms with E-state index in [0.717, 1.165) is 17.1 Å². The van der Waals surface area contributed by atoms with E-state index in [0.29, 0.717) is 11.9 Å². The van der Waals surface area contributed by atoms with Crippen LogP contribution in [0, 0.1) is 0 Å². The first-order chi connectivity index (χ1) is 6.18. The topological polar surface area (TPSA) is 9.23 Å². The van der Waals surface area contributed by atoms with Gasteiger partial charge in [-0.25, -0.2) is 0 Å². The minimum atomic E-state index is 0.388. The van der Waals surface area contributed by atoms with Crippen LogP contribution in [0.3, 0.4) is 0 Å². The molecule has 0 aliphatic carbocycles. The van der Waals surface area contributed by atoms with Gasteiger partial charge in [0.25, 0.3) is 0 Å². The van der Waals surface area contributed by atoms with E-state index in [2.05, 4.69) is 32.2 Å². The summed E-state index contributed by atoms with van der Waals surface area (Å²) in [4.78, 5) is 0.927. The van der Waals surface area contributed by atoms with Crippen molar-refractivity contribution < 1.29 is 4.74 Å². The van der Waals surface area contributed by atoms with Gasteiger partial charge in [0.05, 0.1) is 6.61 Å². The lowest BCUT2D eigenvalue weighted by molar-refractivity contribution is 0.311. The van der Waals surface area contributed by atoms with Crippen LogP contribution in [-0.4, -0.2) is 11.9 Å². The summed E-state index contributed by atoms with van der Waals surface area (Å²) in [7, 11) is 0. The van der Waals surface area contributed by atoms with Gasteiger partial charge in [-0.2, -0.15) is 12.6 Å². The summed E-state index contributed by atoms with van der Waals surface area (Å²) in [6.07, 6.45) is 0.958. The maximum Gasteiger partial charge on any atom is 0.120 e. The van der Waals surface area contributed by atoms with E-state index >= 15 is 0 Å². The number of ether oxygens (including phenoxy) is 1. The molecule has 3 heteroatoms. The van der Waals surface area contributed by atoms with Gasteiger partial charge >= 0.3 is 0 Å². The van der Waals surface area contributed by atoms with E-state index in [9.17, 15) is 0 Å². The molecule has 72 valence electrons. The van der Waals surface area contributed by atoms with Gasteiger partial charge in [-0.3, -0.25) is 0 Å². The first-order valence-corrected chi connectivity index (χ1v) is 5.25. The largest absolute Gasteiger partial charge is 0.494 e. The van der Waals surface area contributed by atoms with E-state index < -0.39 is 0 Å². The zero-order chi connectivity index (χ0) is 9.68. The van der Waals surface area contributed by atoms with Gasteiger partial charge in [0.15, 0.2) is 0 Å². The van der Waals surface area contributed by atoms with Gasteiger partial charge in [0.2, 0.25) is 0 Å². The number of hydrogen-bond acceptors (Lipinski definition) is 3. The molecule has 1 nitrogen and oxygen atoms in total. The Labute approximate surface area is 90.3 Å². The summed E-state index contributed by atoms with van der Waals surface area (Å²) in [5.74, 6) is 0.876. The predicted molar refractivity (Wildman–Crippen MR) is 62.3 cm³/mol. The summed E-state index contributed by atoms with van der Waals surface area (Å²) in [6, 6.07) is 7.70. The number of hydrogen-bond donors (Lipinski definition) is 2. The van der Waals surface area contributed by atoms with Crippen LogP contribution in [0.2, 0.25) is 0 Å². The van der Waals surface area contributed by atoms with Crippen LogP contribution in [0.4, 0.5) is 0 Å². The molecule has 1 aromatic rings. The average molecular weight is 214 g/mol. The van der Waals surface area contributed by atoms with Gasteiger partial charge in [-0.05, 0) is 24.6 Å². The fraction of sp³-hybridized carbons (Fsp3) is 0.400. The smallest absolute Gasteiger partial charge is 0.120 e. The molecule has 1 aromatic carbocycles. The highest BCUT2D eigenvalue weighted by Gasteiger charge is 1.96. The second-order valence-electron chi connectivity index (χ2n) is 2.98. The van der Waals surface area contributed by atoms with Gasteiger partial charge in [0.1, 0.15) is 5.75 Å². The molecular formula is C10H14OS2. The molecule has 1 atom stereocenters. The first kappa shape index (κ1) is 10.8. The summed E-state index contributed by atoms with van der Waals surface area (Å²) in [6.45, 7) is 2.77. The Bertz CT molecular complexity index is 261. The molecule has 0 saturated heterocycles. The van der Waals surface area contributed by atoms with Crippen molar-refractivity contribution in [2.24, 2.45) is 0 Å². The van der Waals surface area contributed by atoms with E-state index in [4.69, 9.17) is 4.74 Å². The van der Waals surface area contributed by atoms with Crippen molar-refractivity contribution in [1.82, 2.24) is 0 Å². The Morgan fingerprint density at radius 2 is 2.23 bits per heavy atom. The van der Waals surface area contributed by atoms with Crippen molar-refractivity contribution in [3.05, 3.63) is 24.3 Å². The summed E-state index contributed by atoms with van der Waals surface area (Å²) in [5, 5.41) is 0.388. The zero-order valence-corrected chi connectivity index (χ0v) is 9.39. The van der Waals surface area contributed by atoms with Gasteiger partial charge < -0.3 is 4.74 Å². The predicted octanol–water partition coefficient (Wildman–Crippen LogP) is 3.06.